The van der Waals surface area contributed by atoms with E-state index >= 15 is 0 Å². The molecule has 0 aromatic carbocycles. The van der Waals surface area contributed by atoms with Crippen LogP contribution in [0, 0.1) is 0 Å². The number of carbonyl (C=O) groups is 1. The number of pyridine rings is 1. The monoisotopic (exact) mass is 355 g/mol. The van der Waals surface area contributed by atoms with Crippen molar-refractivity contribution in [3.8, 4) is 0 Å². The molecule has 0 bridgehead atoms. The zero-order valence-electron chi connectivity index (χ0n) is 14.4. The highest BCUT2D eigenvalue weighted by Crippen LogP contribution is 2.27. The predicted molar refractivity (Wildman–Crippen MR) is 95.4 cm³/mol. The molecule has 8 nitrogen and oxygen atoms in total. The van der Waals surface area contributed by atoms with Crippen LogP contribution in [0.25, 0.3) is 0 Å². The van der Waals surface area contributed by atoms with Crippen LogP contribution in [0.4, 0.5) is 5.95 Å². The first-order chi connectivity index (χ1) is 12.7. The summed E-state index contributed by atoms with van der Waals surface area (Å²) in [6.45, 7) is 3.91. The van der Waals surface area contributed by atoms with E-state index in [1.54, 1.807) is 30.6 Å². The van der Waals surface area contributed by atoms with Crippen LogP contribution in [0.15, 0.2) is 35.4 Å². The number of hydrogen-bond acceptors (Lipinski definition) is 6. The van der Waals surface area contributed by atoms with Crippen LogP contribution in [0.2, 0.25) is 0 Å². The summed E-state index contributed by atoms with van der Waals surface area (Å²) in [5, 5.41) is 0. The number of ether oxygens (including phenoxy) is 1. The van der Waals surface area contributed by atoms with Crippen molar-refractivity contribution in [1.29, 1.82) is 0 Å². The summed E-state index contributed by atoms with van der Waals surface area (Å²) in [4.78, 5) is 40.0. The fraction of sp³-hybridized carbons (Fsp3) is 0.444. The number of hydrogen-bond donors (Lipinski definition) is 1. The lowest BCUT2D eigenvalue weighted by atomic mass is 10.0. The van der Waals surface area contributed by atoms with Crippen LogP contribution >= 0.6 is 0 Å². The maximum Gasteiger partial charge on any atom is 0.253 e. The molecule has 2 aromatic heterocycles. The normalized spacial score (nSPS) is 20.4. The Hall–Kier alpha value is -2.74. The summed E-state index contributed by atoms with van der Waals surface area (Å²) in [5.74, 6) is 0.658. The largest absolute Gasteiger partial charge is 0.378 e. The summed E-state index contributed by atoms with van der Waals surface area (Å²) in [7, 11) is 0. The minimum Gasteiger partial charge on any atom is -0.378 e. The second-order valence-corrected chi connectivity index (χ2v) is 6.57. The van der Waals surface area contributed by atoms with Gasteiger partial charge in [-0.25, -0.2) is 4.98 Å². The van der Waals surface area contributed by atoms with Crippen LogP contribution in [-0.4, -0.2) is 65.2 Å². The molecule has 2 aliphatic heterocycles. The molecule has 0 radical (unpaired) electrons. The molecule has 8 heteroatoms. The number of morpholine rings is 1. The van der Waals surface area contributed by atoms with Gasteiger partial charge in [0, 0.05) is 56.1 Å². The van der Waals surface area contributed by atoms with Crippen molar-refractivity contribution >= 4 is 11.9 Å². The van der Waals surface area contributed by atoms with Crippen LogP contribution < -0.4 is 10.5 Å². The summed E-state index contributed by atoms with van der Waals surface area (Å²) >= 11 is 0. The van der Waals surface area contributed by atoms with E-state index in [9.17, 15) is 9.59 Å². The number of H-pyrrole nitrogens is 1. The van der Waals surface area contributed by atoms with Crippen molar-refractivity contribution in [2.24, 2.45) is 0 Å². The van der Waals surface area contributed by atoms with Gasteiger partial charge in [0.15, 0.2) is 0 Å². The highest BCUT2D eigenvalue weighted by atomic mass is 16.5. The summed E-state index contributed by atoms with van der Waals surface area (Å²) < 4.78 is 5.35. The van der Waals surface area contributed by atoms with E-state index < -0.39 is 0 Å². The molecule has 1 atom stereocenters. The highest BCUT2D eigenvalue weighted by Gasteiger charge is 2.29. The average molecular weight is 355 g/mol. The number of nitrogens with zero attached hydrogens (tertiary/aromatic N) is 4. The van der Waals surface area contributed by atoms with E-state index in [1.165, 1.54) is 0 Å². The summed E-state index contributed by atoms with van der Waals surface area (Å²) in [6.07, 6.45) is 4.04. The Morgan fingerprint density at radius 2 is 1.96 bits per heavy atom. The van der Waals surface area contributed by atoms with Crippen LogP contribution in [0.3, 0.4) is 0 Å². The molecule has 4 rings (SSSR count). The van der Waals surface area contributed by atoms with Gasteiger partial charge in [-0.3, -0.25) is 19.6 Å². The second-order valence-electron chi connectivity index (χ2n) is 6.57. The minimum atomic E-state index is -0.157. The molecule has 4 heterocycles. The first-order valence-corrected chi connectivity index (χ1v) is 8.84. The van der Waals surface area contributed by atoms with Gasteiger partial charge in [-0.1, -0.05) is 0 Å². The number of amides is 1. The lowest BCUT2D eigenvalue weighted by molar-refractivity contribution is 0.0790. The first-order valence-electron chi connectivity index (χ1n) is 8.84. The third-order valence-corrected chi connectivity index (χ3v) is 4.88. The Labute approximate surface area is 150 Å². The smallest absolute Gasteiger partial charge is 0.253 e. The molecule has 2 aliphatic rings. The number of aromatic nitrogens is 3. The third kappa shape index (κ3) is 3.45. The molecule has 2 aromatic rings. The van der Waals surface area contributed by atoms with Gasteiger partial charge >= 0.3 is 0 Å². The van der Waals surface area contributed by atoms with Crippen molar-refractivity contribution in [2.45, 2.75) is 12.3 Å². The fourth-order valence-electron chi connectivity index (χ4n) is 3.46. The Morgan fingerprint density at radius 1 is 1.19 bits per heavy atom. The highest BCUT2D eigenvalue weighted by molar-refractivity contribution is 5.94. The zero-order valence-corrected chi connectivity index (χ0v) is 14.4. The molecular formula is C18H21N5O3. The SMILES string of the molecule is O=C(c1ccncc1)N1CC[C@@H](c2cc(=O)[nH]c(N3CCOCC3)n2)C1. The number of likely N-dealkylation sites (tertiary alicyclic amines) is 1. The third-order valence-electron chi connectivity index (χ3n) is 4.88. The van der Waals surface area contributed by atoms with Crippen molar-refractivity contribution < 1.29 is 9.53 Å². The quantitative estimate of drug-likeness (QED) is 0.868. The zero-order chi connectivity index (χ0) is 17.9. The molecule has 2 fully saturated rings. The van der Waals surface area contributed by atoms with Crippen molar-refractivity contribution in [3.63, 3.8) is 0 Å². The van der Waals surface area contributed by atoms with Crippen molar-refractivity contribution in [3.05, 3.63) is 52.2 Å². The van der Waals surface area contributed by atoms with E-state index in [2.05, 4.69) is 15.0 Å². The molecular weight excluding hydrogens is 334 g/mol. The van der Waals surface area contributed by atoms with Gasteiger partial charge in [-0.2, -0.15) is 0 Å². The van der Waals surface area contributed by atoms with E-state index in [4.69, 9.17) is 4.74 Å². The van der Waals surface area contributed by atoms with Crippen LogP contribution in [-0.2, 0) is 4.74 Å². The van der Waals surface area contributed by atoms with E-state index in [0.29, 0.717) is 50.9 Å². The van der Waals surface area contributed by atoms with Crippen molar-refractivity contribution in [1.82, 2.24) is 19.9 Å². The van der Waals surface area contributed by atoms with Gasteiger partial charge in [-0.15, -0.1) is 0 Å². The van der Waals surface area contributed by atoms with Crippen molar-refractivity contribution in [2.75, 3.05) is 44.3 Å². The van der Waals surface area contributed by atoms with Crippen LogP contribution in [0.5, 0.6) is 0 Å². The topological polar surface area (TPSA) is 91.4 Å². The summed E-state index contributed by atoms with van der Waals surface area (Å²) in [5.41, 5.74) is 1.23. The second kappa shape index (κ2) is 7.25. The molecule has 0 aliphatic carbocycles. The van der Waals surface area contributed by atoms with Crippen LogP contribution in [0.1, 0.15) is 28.4 Å². The maximum atomic E-state index is 12.6. The van der Waals surface area contributed by atoms with Gasteiger partial charge in [0.05, 0.1) is 18.9 Å². The summed E-state index contributed by atoms with van der Waals surface area (Å²) in [6, 6.07) is 4.99. The molecule has 1 amide bonds. The Morgan fingerprint density at radius 3 is 2.73 bits per heavy atom. The molecule has 2 saturated heterocycles. The predicted octanol–water partition coefficient (Wildman–Crippen LogP) is 0.631. The van der Waals surface area contributed by atoms with Gasteiger partial charge in [0.25, 0.3) is 11.5 Å². The van der Waals surface area contributed by atoms with Gasteiger partial charge in [0.2, 0.25) is 5.95 Å². The maximum absolute atomic E-state index is 12.6. The lowest BCUT2D eigenvalue weighted by Gasteiger charge is -2.27. The molecule has 26 heavy (non-hydrogen) atoms. The lowest BCUT2D eigenvalue weighted by Crippen LogP contribution is -2.38. The van der Waals surface area contributed by atoms with E-state index in [1.807, 2.05) is 9.80 Å². The van der Waals surface area contributed by atoms with E-state index in [-0.39, 0.29) is 17.4 Å². The standard InChI is InChI=1S/C18H21N5O3/c24-16-11-15(20-18(21-16)22-7-9-26-10-8-22)14-3-6-23(12-14)17(25)13-1-4-19-5-2-13/h1-2,4-5,11,14H,3,6-10,12H2,(H,20,21,24)/t14-/m1/s1. The van der Waals surface area contributed by atoms with Gasteiger partial charge in [0.1, 0.15) is 0 Å². The molecule has 0 saturated carbocycles. The number of nitrogens with one attached hydrogen (secondary N) is 1. The number of aromatic amines is 1. The number of carbonyl (C=O) groups excluding carboxylic acids is 1. The Balaban J connectivity index is 1.51. The minimum absolute atomic E-state index is 0.00635. The van der Waals surface area contributed by atoms with E-state index in [0.717, 1.165) is 12.1 Å². The average Bonchev–Trinajstić information content (AvgIpc) is 3.18. The van der Waals surface area contributed by atoms with Gasteiger partial charge in [-0.05, 0) is 18.6 Å². The number of anilines is 1. The molecule has 136 valence electrons. The Bertz CT molecular complexity index is 832. The fourth-order valence-corrected chi connectivity index (χ4v) is 3.46. The first kappa shape index (κ1) is 16.7. The Kier molecular flexibility index (Phi) is 4.66. The van der Waals surface area contributed by atoms with Gasteiger partial charge < -0.3 is 14.5 Å². The molecule has 0 unspecified atom stereocenters. The molecule has 0 spiro atoms. The molecule has 1 N–H and O–H groups in total. The number of rotatable bonds is 3.